The second-order valence-electron chi connectivity index (χ2n) is 7.45. The van der Waals surface area contributed by atoms with Crippen molar-refractivity contribution >= 4 is 24.1 Å². The van der Waals surface area contributed by atoms with Gasteiger partial charge in [0, 0.05) is 11.4 Å². The Bertz CT molecular complexity index is 1040. The summed E-state index contributed by atoms with van der Waals surface area (Å²) >= 11 is 0. The molecule has 0 radical (unpaired) electrons. The van der Waals surface area contributed by atoms with E-state index in [1.54, 1.807) is 13.8 Å². The lowest BCUT2D eigenvalue weighted by molar-refractivity contribution is -0.139. The standard InChI is InChI=1S/C27H29NO4/c1-5-31-26(29)23-18(3)28-19(4)24(27(30)32-6-2)25(23)22-15-11-10-14-21(22)17-16-20-12-8-7-9-13-20/h7-17,25,28H,5-6H2,1-4H3. The van der Waals surface area contributed by atoms with Crippen LogP contribution in [-0.4, -0.2) is 25.2 Å². The van der Waals surface area contributed by atoms with Crippen molar-refractivity contribution in [2.75, 3.05) is 13.2 Å². The van der Waals surface area contributed by atoms with Crippen LogP contribution >= 0.6 is 0 Å². The summed E-state index contributed by atoms with van der Waals surface area (Å²) in [5, 5.41) is 3.17. The molecule has 0 saturated heterocycles. The van der Waals surface area contributed by atoms with E-state index in [-0.39, 0.29) is 13.2 Å². The van der Waals surface area contributed by atoms with Crippen molar-refractivity contribution < 1.29 is 19.1 Å². The first-order valence-corrected chi connectivity index (χ1v) is 10.8. The third kappa shape index (κ3) is 4.99. The van der Waals surface area contributed by atoms with Crippen molar-refractivity contribution in [3.8, 4) is 0 Å². The highest BCUT2D eigenvalue weighted by molar-refractivity contribution is 6.00. The van der Waals surface area contributed by atoms with Gasteiger partial charge in [-0.1, -0.05) is 66.7 Å². The van der Waals surface area contributed by atoms with Crippen LogP contribution < -0.4 is 5.32 Å². The van der Waals surface area contributed by atoms with E-state index in [0.717, 1.165) is 16.7 Å². The van der Waals surface area contributed by atoms with Crippen molar-refractivity contribution in [1.82, 2.24) is 5.32 Å². The van der Waals surface area contributed by atoms with E-state index in [9.17, 15) is 9.59 Å². The molecule has 2 aromatic carbocycles. The van der Waals surface area contributed by atoms with Gasteiger partial charge in [-0.25, -0.2) is 9.59 Å². The summed E-state index contributed by atoms with van der Waals surface area (Å²) in [6.45, 7) is 7.68. The van der Waals surface area contributed by atoms with Crippen LogP contribution in [0.2, 0.25) is 0 Å². The average molecular weight is 432 g/mol. The Balaban J connectivity index is 2.17. The predicted octanol–water partition coefficient (Wildman–Crippen LogP) is 5.22. The maximum absolute atomic E-state index is 13.0. The molecule has 2 aromatic rings. The molecular formula is C27H29NO4. The molecule has 5 heteroatoms. The van der Waals surface area contributed by atoms with E-state index in [0.29, 0.717) is 22.5 Å². The summed E-state index contributed by atoms with van der Waals surface area (Å²) in [4.78, 5) is 26.0. The largest absolute Gasteiger partial charge is 0.463 e. The fraction of sp³-hybridized carbons (Fsp3) is 0.259. The van der Waals surface area contributed by atoms with Crippen LogP contribution in [0.5, 0.6) is 0 Å². The lowest BCUT2D eigenvalue weighted by Crippen LogP contribution is -2.32. The molecule has 0 fully saturated rings. The lowest BCUT2D eigenvalue weighted by atomic mass is 9.78. The van der Waals surface area contributed by atoms with E-state index in [4.69, 9.17) is 9.47 Å². The summed E-state index contributed by atoms with van der Waals surface area (Å²) in [7, 11) is 0. The minimum atomic E-state index is -0.606. The molecule has 0 amide bonds. The Morgan fingerprint density at radius 3 is 1.91 bits per heavy atom. The molecule has 0 atom stereocenters. The van der Waals surface area contributed by atoms with Crippen molar-refractivity contribution in [3.05, 3.63) is 93.8 Å². The van der Waals surface area contributed by atoms with Crippen LogP contribution in [0.25, 0.3) is 12.2 Å². The molecule has 0 bridgehead atoms. The number of rotatable bonds is 7. The third-order valence-corrected chi connectivity index (χ3v) is 5.31. The van der Waals surface area contributed by atoms with E-state index in [1.807, 2.05) is 80.6 Å². The smallest absolute Gasteiger partial charge is 0.336 e. The molecule has 166 valence electrons. The van der Waals surface area contributed by atoms with Crippen molar-refractivity contribution in [1.29, 1.82) is 0 Å². The second kappa shape index (κ2) is 10.6. The first kappa shape index (κ1) is 23.1. The van der Waals surface area contributed by atoms with Gasteiger partial charge in [-0.3, -0.25) is 0 Å². The van der Waals surface area contributed by atoms with Crippen LogP contribution in [0, 0.1) is 0 Å². The molecule has 1 aliphatic heterocycles. The number of hydrogen-bond acceptors (Lipinski definition) is 5. The molecule has 3 rings (SSSR count). The Morgan fingerprint density at radius 2 is 1.34 bits per heavy atom. The Kier molecular flexibility index (Phi) is 7.66. The molecule has 0 unspecified atom stereocenters. The Hall–Kier alpha value is -3.60. The summed E-state index contributed by atoms with van der Waals surface area (Å²) in [6, 6.07) is 17.7. The van der Waals surface area contributed by atoms with Gasteiger partial charge in [0.05, 0.1) is 30.3 Å². The summed E-state index contributed by atoms with van der Waals surface area (Å²) in [5.74, 6) is -1.50. The first-order valence-electron chi connectivity index (χ1n) is 10.8. The average Bonchev–Trinajstić information content (AvgIpc) is 2.78. The lowest BCUT2D eigenvalue weighted by Gasteiger charge is -2.31. The van der Waals surface area contributed by atoms with Crippen LogP contribution in [0.3, 0.4) is 0 Å². The van der Waals surface area contributed by atoms with Crippen molar-refractivity contribution in [2.24, 2.45) is 0 Å². The van der Waals surface area contributed by atoms with Gasteiger partial charge < -0.3 is 14.8 Å². The Labute approximate surface area is 189 Å². The van der Waals surface area contributed by atoms with Gasteiger partial charge in [0.15, 0.2) is 0 Å². The molecule has 0 aliphatic carbocycles. The van der Waals surface area contributed by atoms with E-state index in [2.05, 4.69) is 5.32 Å². The number of carbonyl (C=O) groups is 2. The zero-order chi connectivity index (χ0) is 23.1. The van der Waals surface area contributed by atoms with Gasteiger partial charge >= 0.3 is 11.9 Å². The number of hydrogen-bond donors (Lipinski definition) is 1. The molecule has 1 heterocycles. The maximum atomic E-state index is 13.0. The van der Waals surface area contributed by atoms with E-state index >= 15 is 0 Å². The summed E-state index contributed by atoms with van der Waals surface area (Å²) in [5.41, 5.74) is 4.98. The molecule has 32 heavy (non-hydrogen) atoms. The first-order chi connectivity index (χ1) is 15.5. The van der Waals surface area contributed by atoms with E-state index < -0.39 is 17.9 Å². The van der Waals surface area contributed by atoms with Crippen LogP contribution in [0.4, 0.5) is 0 Å². The third-order valence-electron chi connectivity index (χ3n) is 5.31. The van der Waals surface area contributed by atoms with Gasteiger partial charge in [-0.2, -0.15) is 0 Å². The molecule has 0 saturated carbocycles. The Morgan fingerprint density at radius 1 is 0.812 bits per heavy atom. The number of dihydropyridines is 1. The zero-order valence-electron chi connectivity index (χ0n) is 19.0. The highest BCUT2D eigenvalue weighted by Crippen LogP contribution is 2.41. The fourth-order valence-electron chi connectivity index (χ4n) is 3.94. The molecule has 1 aliphatic rings. The van der Waals surface area contributed by atoms with Crippen LogP contribution in [0.1, 0.15) is 50.3 Å². The van der Waals surface area contributed by atoms with Crippen molar-refractivity contribution in [3.63, 3.8) is 0 Å². The van der Waals surface area contributed by atoms with Crippen LogP contribution in [-0.2, 0) is 19.1 Å². The molecule has 0 aromatic heterocycles. The summed E-state index contributed by atoms with van der Waals surface area (Å²) < 4.78 is 10.7. The molecular weight excluding hydrogens is 402 g/mol. The van der Waals surface area contributed by atoms with Crippen LogP contribution in [0.15, 0.2) is 77.1 Å². The fourth-order valence-corrected chi connectivity index (χ4v) is 3.94. The number of ether oxygens (including phenoxy) is 2. The normalized spacial score (nSPS) is 14.5. The highest BCUT2D eigenvalue weighted by atomic mass is 16.5. The number of benzene rings is 2. The van der Waals surface area contributed by atoms with Gasteiger partial charge in [-0.05, 0) is 44.4 Å². The maximum Gasteiger partial charge on any atom is 0.336 e. The van der Waals surface area contributed by atoms with Gasteiger partial charge in [-0.15, -0.1) is 0 Å². The monoisotopic (exact) mass is 431 g/mol. The molecule has 0 spiro atoms. The molecule has 5 nitrogen and oxygen atoms in total. The predicted molar refractivity (Wildman–Crippen MR) is 126 cm³/mol. The number of allylic oxidation sites excluding steroid dienone is 2. The quantitative estimate of drug-likeness (QED) is 0.481. The highest BCUT2D eigenvalue weighted by Gasteiger charge is 2.38. The van der Waals surface area contributed by atoms with E-state index in [1.165, 1.54) is 0 Å². The van der Waals surface area contributed by atoms with Gasteiger partial charge in [0.25, 0.3) is 0 Å². The van der Waals surface area contributed by atoms with Gasteiger partial charge in [0.2, 0.25) is 0 Å². The number of nitrogens with one attached hydrogen (secondary N) is 1. The zero-order valence-corrected chi connectivity index (χ0v) is 19.0. The minimum Gasteiger partial charge on any atom is -0.463 e. The molecule has 1 N–H and O–H groups in total. The van der Waals surface area contributed by atoms with Gasteiger partial charge in [0.1, 0.15) is 0 Å². The SMILES string of the molecule is CCOC(=O)C1=C(C)NC(C)=C(C(=O)OCC)C1c1ccccc1C=Cc1ccccc1. The minimum absolute atomic E-state index is 0.245. The summed E-state index contributed by atoms with van der Waals surface area (Å²) in [6.07, 6.45) is 4.02. The topological polar surface area (TPSA) is 64.6 Å². The second-order valence-corrected chi connectivity index (χ2v) is 7.45. The number of esters is 2. The van der Waals surface area contributed by atoms with Crippen molar-refractivity contribution in [2.45, 2.75) is 33.6 Å². The number of carbonyl (C=O) groups excluding carboxylic acids is 2.